The molecule has 16 heavy (non-hydrogen) atoms. The molecule has 0 aliphatic carbocycles. The molecule has 1 rings (SSSR count). The number of rotatable bonds is 4. The SMILES string of the molecule is C/C(=C/Cl)COc1ccc(B(O)O)c(F)c1. The lowest BCUT2D eigenvalue weighted by Crippen LogP contribution is -2.32. The molecule has 1 aromatic carbocycles. The molecular formula is C10H11BClFO3. The van der Waals surface area contributed by atoms with Gasteiger partial charge >= 0.3 is 7.12 Å². The Balaban J connectivity index is 2.74. The normalized spacial score (nSPS) is 11.4. The minimum atomic E-state index is -1.82. The molecule has 3 nitrogen and oxygen atoms in total. The molecule has 0 unspecified atom stereocenters. The molecule has 1 aromatic rings. The van der Waals surface area contributed by atoms with Gasteiger partial charge < -0.3 is 14.8 Å². The molecule has 0 aliphatic rings. The zero-order valence-electron chi connectivity index (χ0n) is 8.65. The van der Waals surface area contributed by atoms with E-state index in [0.717, 1.165) is 11.6 Å². The number of benzene rings is 1. The first-order valence-corrected chi connectivity index (χ1v) is 5.02. The van der Waals surface area contributed by atoms with Crippen molar-refractivity contribution in [2.45, 2.75) is 6.92 Å². The highest BCUT2D eigenvalue weighted by atomic mass is 35.5. The van der Waals surface area contributed by atoms with Crippen molar-refractivity contribution >= 4 is 24.2 Å². The van der Waals surface area contributed by atoms with Crippen LogP contribution in [0.5, 0.6) is 5.75 Å². The summed E-state index contributed by atoms with van der Waals surface area (Å²) < 4.78 is 18.5. The van der Waals surface area contributed by atoms with Crippen molar-refractivity contribution in [2.24, 2.45) is 0 Å². The van der Waals surface area contributed by atoms with Crippen LogP contribution >= 0.6 is 11.6 Å². The molecule has 0 spiro atoms. The molecule has 86 valence electrons. The van der Waals surface area contributed by atoms with Crippen molar-refractivity contribution < 1.29 is 19.2 Å². The van der Waals surface area contributed by atoms with Crippen LogP contribution in [0.15, 0.2) is 29.3 Å². The highest BCUT2D eigenvalue weighted by molar-refractivity contribution is 6.58. The van der Waals surface area contributed by atoms with Crippen LogP contribution in [0.4, 0.5) is 4.39 Å². The van der Waals surface area contributed by atoms with Gasteiger partial charge in [-0.3, -0.25) is 0 Å². The summed E-state index contributed by atoms with van der Waals surface area (Å²) in [6, 6.07) is 3.81. The summed E-state index contributed by atoms with van der Waals surface area (Å²) in [7, 11) is -1.82. The van der Waals surface area contributed by atoms with Gasteiger partial charge in [0.1, 0.15) is 18.2 Å². The van der Waals surface area contributed by atoms with E-state index in [2.05, 4.69) is 0 Å². The predicted molar refractivity (Wildman–Crippen MR) is 61.3 cm³/mol. The third-order valence-electron chi connectivity index (χ3n) is 1.90. The van der Waals surface area contributed by atoms with Crippen molar-refractivity contribution in [2.75, 3.05) is 6.61 Å². The summed E-state index contributed by atoms with van der Waals surface area (Å²) in [6.45, 7) is 2.03. The zero-order valence-corrected chi connectivity index (χ0v) is 9.41. The molecule has 2 N–H and O–H groups in total. The summed E-state index contributed by atoms with van der Waals surface area (Å²) in [5, 5.41) is 17.6. The molecule has 0 saturated heterocycles. The van der Waals surface area contributed by atoms with Gasteiger partial charge in [0.15, 0.2) is 0 Å². The first-order valence-electron chi connectivity index (χ1n) is 4.59. The maximum atomic E-state index is 13.3. The summed E-state index contributed by atoms with van der Waals surface area (Å²) in [6.07, 6.45) is 0. The molecule has 0 bridgehead atoms. The Kier molecular flexibility index (Phi) is 4.80. The minimum Gasteiger partial charge on any atom is -0.489 e. The Morgan fingerprint density at radius 3 is 2.75 bits per heavy atom. The lowest BCUT2D eigenvalue weighted by Gasteiger charge is -2.07. The van der Waals surface area contributed by atoms with Crippen molar-refractivity contribution in [3.05, 3.63) is 35.1 Å². The highest BCUT2D eigenvalue weighted by Gasteiger charge is 2.16. The van der Waals surface area contributed by atoms with Crippen molar-refractivity contribution in [1.82, 2.24) is 0 Å². The van der Waals surface area contributed by atoms with Gasteiger partial charge in [0.25, 0.3) is 0 Å². The van der Waals surface area contributed by atoms with Crippen LogP contribution in [0.25, 0.3) is 0 Å². The molecule has 0 radical (unpaired) electrons. The average Bonchev–Trinajstić information content (AvgIpc) is 2.25. The topological polar surface area (TPSA) is 49.7 Å². The van der Waals surface area contributed by atoms with Crippen LogP contribution in [0.3, 0.4) is 0 Å². The van der Waals surface area contributed by atoms with Gasteiger partial charge in [-0.2, -0.15) is 0 Å². The van der Waals surface area contributed by atoms with E-state index in [1.165, 1.54) is 17.7 Å². The molecule has 0 atom stereocenters. The van der Waals surface area contributed by atoms with E-state index in [-0.39, 0.29) is 12.1 Å². The lowest BCUT2D eigenvalue weighted by molar-refractivity contribution is 0.350. The van der Waals surface area contributed by atoms with Crippen LogP contribution < -0.4 is 10.2 Å². The molecular weight excluding hydrogens is 233 g/mol. The molecule has 0 saturated carbocycles. The third kappa shape index (κ3) is 3.52. The fourth-order valence-corrected chi connectivity index (χ4v) is 1.10. The lowest BCUT2D eigenvalue weighted by atomic mass is 9.80. The zero-order chi connectivity index (χ0) is 12.1. The monoisotopic (exact) mass is 244 g/mol. The second-order valence-corrected chi connectivity index (χ2v) is 3.52. The predicted octanol–water partition coefficient (Wildman–Crippen LogP) is 1.03. The fraction of sp³-hybridized carbons (Fsp3) is 0.200. The molecule has 0 amide bonds. The van der Waals surface area contributed by atoms with Crippen LogP contribution in [0, 0.1) is 5.82 Å². The average molecular weight is 244 g/mol. The van der Waals surface area contributed by atoms with Gasteiger partial charge in [0.05, 0.1) is 0 Å². The highest BCUT2D eigenvalue weighted by Crippen LogP contribution is 2.12. The van der Waals surface area contributed by atoms with E-state index in [1.807, 2.05) is 0 Å². The largest absolute Gasteiger partial charge is 0.491 e. The maximum Gasteiger partial charge on any atom is 0.491 e. The van der Waals surface area contributed by atoms with E-state index in [0.29, 0.717) is 5.75 Å². The van der Waals surface area contributed by atoms with Crippen molar-refractivity contribution in [3.63, 3.8) is 0 Å². The van der Waals surface area contributed by atoms with Crippen LogP contribution in [-0.4, -0.2) is 23.8 Å². The summed E-state index contributed by atoms with van der Waals surface area (Å²) >= 11 is 5.43. The quantitative estimate of drug-likeness (QED) is 0.778. The minimum absolute atomic E-state index is 0.183. The number of hydrogen-bond donors (Lipinski definition) is 2. The van der Waals surface area contributed by atoms with Crippen LogP contribution in [0.2, 0.25) is 0 Å². The first-order chi connectivity index (χ1) is 7.54. The Morgan fingerprint density at radius 1 is 1.56 bits per heavy atom. The van der Waals surface area contributed by atoms with Gasteiger partial charge in [-0.25, -0.2) is 4.39 Å². The van der Waals surface area contributed by atoms with Gasteiger partial charge in [0.2, 0.25) is 0 Å². The van der Waals surface area contributed by atoms with E-state index < -0.39 is 12.9 Å². The van der Waals surface area contributed by atoms with Crippen molar-refractivity contribution in [3.8, 4) is 5.75 Å². The van der Waals surface area contributed by atoms with E-state index in [9.17, 15) is 4.39 Å². The molecule has 0 heterocycles. The second-order valence-electron chi connectivity index (χ2n) is 3.30. The smallest absolute Gasteiger partial charge is 0.489 e. The second kappa shape index (κ2) is 5.89. The van der Waals surface area contributed by atoms with Crippen LogP contribution in [0.1, 0.15) is 6.92 Å². The number of halogens is 2. The summed E-state index contributed by atoms with van der Waals surface area (Å²) in [5.74, 6) is -0.417. The fourth-order valence-electron chi connectivity index (χ4n) is 1.04. The first kappa shape index (κ1) is 13.0. The summed E-state index contributed by atoms with van der Waals surface area (Å²) in [5.41, 5.74) is 1.99. The molecule has 0 aromatic heterocycles. The van der Waals surface area contributed by atoms with Gasteiger partial charge in [0, 0.05) is 17.1 Å². The maximum absolute atomic E-state index is 13.3. The number of hydrogen-bond acceptors (Lipinski definition) is 3. The molecule has 0 fully saturated rings. The Labute approximate surface area is 98.3 Å². The van der Waals surface area contributed by atoms with Gasteiger partial charge in [-0.1, -0.05) is 17.7 Å². The van der Waals surface area contributed by atoms with Crippen LogP contribution in [-0.2, 0) is 0 Å². The molecule has 6 heteroatoms. The Bertz CT molecular complexity index is 396. The summed E-state index contributed by atoms with van der Waals surface area (Å²) in [4.78, 5) is 0. The third-order valence-corrected chi connectivity index (χ3v) is 2.28. The van der Waals surface area contributed by atoms with Gasteiger partial charge in [-0.15, -0.1) is 0 Å². The molecule has 0 aliphatic heterocycles. The van der Waals surface area contributed by atoms with Gasteiger partial charge in [-0.05, 0) is 18.6 Å². The van der Waals surface area contributed by atoms with Crippen molar-refractivity contribution in [1.29, 1.82) is 0 Å². The number of ether oxygens (including phenoxy) is 1. The van der Waals surface area contributed by atoms with E-state index >= 15 is 0 Å². The standard InChI is InChI=1S/C10H11BClFO3/c1-7(5-12)6-16-8-2-3-9(11(14)15)10(13)4-8/h2-5,14-15H,6H2,1H3/b7-5-. The Hall–Kier alpha value is -1.04. The Morgan fingerprint density at radius 2 is 2.25 bits per heavy atom. The van der Waals surface area contributed by atoms with E-state index in [4.69, 9.17) is 26.4 Å². The van der Waals surface area contributed by atoms with E-state index in [1.54, 1.807) is 6.92 Å².